The summed E-state index contributed by atoms with van der Waals surface area (Å²) < 4.78 is 33.3. The standard InChI is InChI=1S/C27H58NO6P.ClH/c1-6-7-8-9-10-11-12-13-14-15-16-17-18-19-20-21-23-32-25-27(31-5)26-34-35(29,30)33-24-22-28(2,3)4;/h27H,6-26H2,1-5H3;1H. The summed E-state index contributed by atoms with van der Waals surface area (Å²) in [5.41, 5.74) is 0. The zero-order valence-electron chi connectivity index (χ0n) is 24.2. The highest BCUT2D eigenvalue weighted by Gasteiger charge is 2.16. The number of hydrogen-bond donors (Lipinski definition) is 0. The molecule has 0 aliphatic rings. The van der Waals surface area contributed by atoms with E-state index in [1.807, 2.05) is 21.1 Å². The SMILES string of the molecule is CCCCCCCCCCCCCCCCCCOCC(COP(=O)([O-])OCC[N+](C)(C)C)OC.Cl. The molecule has 220 valence electrons. The fourth-order valence-corrected chi connectivity index (χ4v) is 4.52. The van der Waals surface area contributed by atoms with Gasteiger partial charge in [-0.05, 0) is 6.42 Å². The van der Waals surface area contributed by atoms with Crippen LogP contribution in [-0.2, 0) is 23.1 Å². The fourth-order valence-electron chi connectivity index (χ4n) is 3.79. The van der Waals surface area contributed by atoms with Crippen LogP contribution in [0.25, 0.3) is 0 Å². The zero-order chi connectivity index (χ0) is 26.3. The number of halogens is 1. The number of ether oxygens (including phenoxy) is 2. The summed E-state index contributed by atoms with van der Waals surface area (Å²) in [4.78, 5) is 11.9. The molecule has 0 spiro atoms. The van der Waals surface area contributed by atoms with Crippen LogP contribution in [0.3, 0.4) is 0 Å². The highest BCUT2D eigenvalue weighted by molar-refractivity contribution is 7.45. The molecule has 0 saturated heterocycles. The van der Waals surface area contributed by atoms with Gasteiger partial charge in [-0.25, -0.2) is 0 Å². The molecule has 0 aromatic heterocycles. The van der Waals surface area contributed by atoms with Crippen molar-refractivity contribution in [3.63, 3.8) is 0 Å². The maximum absolute atomic E-state index is 11.9. The van der Waals surface area contributed by atoms with Crippen LogP contribution in [0.2, 0.25) is 0 Å². The molecule has 0 aliphatic heterocycles. The summed E-state index contributed by atoms with van der Waals surface area (Å²) in [6.07, 6.45) is 21.1. The minimum Gasteiger partial charge on any atom is -0.756 e. The second kappa shape index (κ2) is 25.6. The Morgan fingerprint density at radius 1 is 0.694 bits per heavy atom. The number of phosphoric acid groups is 1. The first kappa shape index (κ1) is 38.4. The van der Waals surface area contributed by atoms with Crippen molar-refractivity contribution >= 4 is 20.2 Å². The van der Waals surface area contributed by atoms with Crippen molar-refractivity contribution in [1.82, 2.24) is 0 Å². The van der Waals surface area contributed by atoms with Crippen LogP contribution in [0.15, 0.2) is 0 Å². The highest BCUT2D eigenvalue weighted by atomic mass is 35.5. The lowest BCUT2D eigenvalue weighted by molar-refractivity contribution is -0.870. The van der Waals surface area contributed by atoms with Crippen molar-refractivity contribution in [3.8, 4) is 0 Å². The molecule has 0 fully saturated rings. The monoisotopic (exact) mass is 559 g/mol. The van der Waals surface area contributed by atoms with Crippen molar-refractivity contribution in [2.75, 3.05) is 61.2 Å². The van der Waals surface area contributed by atoms with Gasteiger partial charge in [0.05, 0.1) is 34.4 Å². The number of nitrogens with zero attached hydrogens (tertiary/aromatic N) is 1. The summed E-state index contributed by atoms with van der Waals surface area (Å²) >= 11 is 0. The third-order valence-corrected chi connectivity index (χ3v) is 7.17. The molecule has 0 aliphatic carbocycles. The maximum Gasteiger partial charge on any atom is 0.268 e. The average Bonchev–Trinajstić information content (AvgIpc) is 2.79. The summed E-state index contributed by atoms with van der Waals surface area (Å²) in [6.45, 7) is 3.82. The van der Waals surface area contributed by atoms with Crippen molar-refractivity contribution < 1.29 is 32.5 Å². The van der Waals surface area contributed by atoms with Gasteiger partial charge in [-0.3, -0.25) is 4.57 Å². The molecule has 0 heterocycles. The van der Waals surface area contributed by atoms with E-state index in [0.717, 1.165) is 6.42 Å². The molecule has 0 aromatic rings. The Morgan fingerprint density at radius 2 is 1.14 bits per heavy atom. The van der Waals surface area contributed by atoms with Gasteiger partial charge in [0.1, 0.15) is 19.3 Å². The number of quaternary nitrogens is 1. The van der Waals surface area contributed by atoms with Crippen molar-refractivity contribution in [2.24, 2.45) is 0 Å². The largest absolute Gasteiger partial charge is 0.756 e. The molecule has 36 heavy (non-hydrogen) atoms. The topological polar surface area (TPSA) is 77.1 Å². The summed E-state index contributed by atoms with van der Waals surface area (Å²) in [5, 5.41) is 0. The summed E-state index contributed by atoms with van der Waals surface area (Å²) in [7, 11) is 3.12. The molecule has 0 amide bonds. The molecule has 0 aromatic carbocycles. The molecule has 9 heteroatoms. The molecule has 0 N–H and O–H groups in total. The average molecular weight is 560 g/mol. The van der Waals surface area contributed by atoms with E-state index in [2.05, 4.69) is 6.92 Å². The van der Waals surface area contributed by atoms with Gasteiger partial charge in [0.15, 0.2) is 0 Å². The van der Waals surface area contributed by atoms with Crippen LogP contribution in [-0.4, -0.2) is 71.8 Å². The highest BCUT2D eigenvalue weighted by Crippen LogP contribution is 2.38. The predicted octanol–water partition coefficient (Wildman–Crippen LogP) is 6.91. The Morgan fingerprint density at radius 3 is 1.56 bits per heavy atom. The Hall–Kier alpha value is 0.280. The Bertz CT molecular complexity index is 507. The zero-order valence-corrected chi connectivity index (χ0v) is 25.9. The lowest BCUT2D eigenvalue weighted by Crippen LogP contribution is -2.37. The van der Waals surface area contributed by atoms with E-state index in [-0.39, 0.29) is 25.6 Å². The van der Waals surface area contributed by atoms with Gasteiger partial charge in [0.25, 0.3) is 7.82 Å². The normalized spacial score (nSPS) is 14.4. The smallest absolute Gasteiger partial charge is 0.268 e. The van der Waals surface area contributed by atoms with E-state index in [1.165, 1.54) is 103 Å². The third-order valence-electron chi connectivity index (χ3n) is 6.21. The number of methoxy groups -OCH3 is 1. The minimum absolute atomic E-state index is 0. The Balaban J connectivity index is 0. The number of rotatable bonds is 27. The van der Waals surface area contributed by atoms with E-state index in [4.69, 9.17) is 18.5 Å². The van der Waals surface area contributed by atoms with Crippen LogP contribution in [0.4, 0.5) is 0 Å². The molecule has 0 radical (unpaired) electrons. The van der Waals surface area contributed by atoms with E-state index in [0.29, 0.717) is 24.2 Å². The van der Waals surface area contributed by atoms with Crippen LogP contribution in [0.5, 0.6) is 0 Å². The van der Waals surface area contributed by atoms with E-state index < -0.39 is 13.9 Å². The second-order valence-corrected chi connectivity index (χ2v) is 12.2. The number of unbranched alkanes of at least 4 members (excludes halogenated alkanes) is 15. The van der Waals surface area contributed by atoms with Gasteiger partial charge in [0, 0.05) is 13.7 Å². The molecule has 7 nitrogen and oxygen atoms in total. The van der Waals surface area contributed by atoms with Crippen LogP contribution in [0.1, 0.15) is 110 Å². The first-order valence-corrected chi connectivity index (χ1v) is 15.7. The van der Waals surface area contributed by atoms with Gasteiger partial charge in [-0.15, -0.1) is 12.4 Å². The summed E-state index contributed by atoms with van der Waals surface area (Å²) in [5.74, 6) is 0. The Labute approximate surface area is 229 Å². The van der Waals surface area contributed by atoms with Gasteiger partial charge < -0.3 is 27.9 Å². The quantitative estimate of drug-likeness (QED) is 0.0618. The molecule has 2 atom stereocenters. The number of hydrogen-bond acceptors (Lipinski definition) is 6. The van der Waals surface area contributed by atoms with Crippen molar-refractivity contribution in [2.45, 2.75) is 116 Å². The van der Waals surface area contributed by atoms with Crippen LogP contribution >= 0.6 is 20.2 Å². The van der Waals surface area contributed by atoms with Crippen molar-refractivity contribution in [1.29, 1.82) is 0 Å². The second-order valence-electron chi connectivity index (χ2n) is 10.8. The Kier molecular flexibility index (Phi) is 27.3. The maximum atomic E-state index is 11.9. The van der Waals surface area contributed by atoms with E-state index >= 15 is 0 Å². The summed E-state index contributed by atoms with van der Waals surface area (Å²) in [6, 6.07) is 0. The molecule has 0 saturated carbocycles. The van der Waals surface area contributed by atoms with Gasteiger partial charge in [-0.1, -0.05) is 103 Å². The van der Waals surface area contributed by atoms with Gasteiger partial charge >= 0.3 is 0 Å². The first-order chi connectivity index (χ1) is 16.7. The molecule has 0 rings (SSSR count). The van der Waals surface area contributed by atoms with Crippen LogP contribution in [0, 0.1) is 0 Å². The van der Waals surface area contributed by atoms with Gasteiger partial charge in [-0.2, -0.15) is 0 Å². The first-order valence-electron chi connectivity index (χ1n) is 14.2. The lowest BCUT2D eigenvalue weighted by Gasteiger charge is -2.28. The van der Waals surface area contributed by atoms with E-state index in [9.17, 15) is 9.46 Å². The molecule has 0 bridgehead atoms. The minimum atomic E-state index is -4.32. The number of likely N-dealkylation sites (N-methyl/N-ethyl adjacent to an activating group) is 1. The fraction of sp³-hybridized carbons (Fsp3) is 1.00. The molecular formula is C27H59ClNO6P. The van der Waals surface area contributed by atoms with Crippen molar-refractivity contribution in [3.05, 3.63) is 0 Å². The molecular weight excluding hydrogens is 501 g/mol. The van der Waals surface area contributed by atoms with Gasteiger partial charge in [0.2, 0.25) is 0 Å². The predicted molar refractivity (Wildman–Crippen MR) is 151 cm³/mol. The lowest BCUT2D eigenvalue weighted by atomic mass is 10.0. The van der Waals surface area contributed by atoms with Crippen LogP contribution < -0.4 is 4.89 Å². The molecule has 2 unspecified atom stereocenters. The van der Waals surface area contributed by atoms with E-state index in [1.54, 1.807) is 0 Å². The third kappa shape index (κ3) is 28.8. The number of phosphoric ester groups is 1.